The minimum Gasteiger partial charge on any atom is -0.453 e. The standard InChI is InChI=1S/C22H20N4O2S/c1-15-8-10-16(11-9-15)21-18(14-23-22(27)28-2)26-19(24-21)12-13-20(25-26)29-17-6-4-3-5-7-17/h3-13H,14H2,1-2H3,(H,23,27). The quantitative estimate of drug-likeness (QED) is 0.522. The van der Waals surface area contributed by atoms with Crippen molar-refractivity contribution in [1.82, 2.24) is 19.9 Å². The lowest BCUT2D eigenvalue weighted by atomic mass is 10.1. The molecule has 0 saturated heterocycles. The first-order valence-electron chi connectivity index (χ1n) is 9.14. The van der Waals surface area contributed by atoms with E-state index in [1.807, 2.05) is 73.7 Å². The number of imidazole rings is 1. The van der Waals surface area contributed by atoms with Crippen molar-refractivity contribution < 1.29 is 9.53 Å². The van der Waals surface area contributed by atoms with Crippen molar-refractivity contribution >= 4 is 23.5 Å². The van der Waals surface area contributed by atoms with Crippen LogP contribution >= 0.6 is 11.8 Å². The number of nitrogens with one attached hydrogen (secondary N) is 1. The van der Waals surface area contributed by atoms with Crippen molar-refractivity contribution in [3.63, 3.8) is 0 Å². The second-order valence-corrected chi connectivity index (χ2v) is 7.57. The van der Waals surface area contributed by atoms with E-state index in [4.69, 9.17) is 14.8 Å². The molecule has 6 nitrogen and oxygen atoms in total. The number of benzene rings is 2. The van der Waals surface area contributed by atoms with Gasteiger partial charge in [0.05, 0.1) is 25.0 Å². The molecule has 0 spiro atoms. The average molecular weight is 404 g/mol. The van der Waals surface area contributed by atoms with Gasteiger partial charge in [-0.2, -0.15) is 5.10 Å². The molecule has 1 amide bonds. The molecule has 0 aliphatic heterocycles. The number of carbonyl (C=O) groups is 1. The third-order valence-electron chi connectivity index (χ3n) is 4.42. The summed E-state index contributed by atoms with van der Waals surface area (Å²) in [6.45, 7) is 2.30. The van der Waals surface area contributed by atoms with Gasteiger partial charge in [-0.3, -0.25) is 0 Å². The fourth-order valence-electron chi connectivity index (χ4n) is 2.96. The Bertz CT molecular complexity index is 1140. The van der Waals surface area contributed by atoms with E-state index in [2.05, 4.69) is 5.32 Å². The number of amides is 1. The second kappa shape index (κ2) is 8.36. The molecule has 7 heteroatoms. The Hall–Kier alpha value is -3.32. The predicted molar refractivity (Wildman–Crippen MR) is 113 cm³/mol. The largest absolute Gasteiger partial charge is 0.453 e. The molecule has 0 bridgehead atoms. The molecule has 1 N–H and O–H groups in total. The van der Waals surface area contributed by atoms with Gasteiger partial charge in [-0.25, -0.2) is 14.3 Å². The number of hydrogen-bond donors (Lipinski definition) is 1. The smallest absolute Gasteiger partial charge is 0.407 e. The van der Waals surface area contributed by atoms with Crippen molar-refractivity contribution in [3.05, 3.63) is 78.0 Å². The van der Waals surface area contributed by atoms with E-state index in [-0.39, 0.29) is 6.54 Å². The average Bonchev–Trinajstić information content (AvgIpc) is 3.11. The molecule has 146 valence electrons. The van der Waals surface area contributed by atoms with Gasteiger partial charge in [-0.15, -0.1) is 0 Å². The SMILES string of the molecule is COC(=O)NCc1c(-c2ccc(C)cc2)nc2ccc(Sc3ccccc3)nn12. The van der Waals surface area contributed by atoms with Gasteiger partial charge in [0, 0.05) is 10.5 Å². The number of methoxy groups -OCH3 is 1. The summed E-state index contributed by atoms with van der Waals surface area (Å²) in [4.78, 5) is 17.5. The summed E-state index contributed by atoms with van der Waals surface area (Å²) in [5, 5.41) is 8.36. The van der Waals surface area contributed by atoms with Gasteiger partial charge in [-0.05, 0) is 31.2 Å². The van der Waals surface area contributed by atoms with Crippen LogP contribution in [-0.2, 0) is 11.3 Å². The molecular formula is C22H20N4O2S. The number of aryl methyl sites for hydroxylation is 1. The van der Waals surface area contributed by atoms with Gasteiger partial charge in [0.1, 0.15) is 5.03 Å². The van der Waals surface area contributed by atoms with Gasteiger partial charge in [0.2, 0.25) is 0 Å². The van der Waals surface area contributed by atoms with E-state index in [0.29, 0.717) is 0 Å². The predicted octanol–water partition coefficient (Wildman–Crippen LogP) is 4.71. The highest BCUT2D eigenvalue weighted by atomic mass is 32.2. The molecule has 0 aliphatic rings. The van der Waals surface area contributed by atoms with Gasteiger partial charge >= 0.3 is 6.09 Å². The summed E-state index contributed by atoms with van der Waals surface area (Å²) in [7, 11) is 1.34. The molecule has 0 atom stereocenters. The maximum Gasteiger partial charge on any atom is 0.407 e. The number of alkyl carbamates (subject to hydrolysis) is 1. The Morgan fingerprint density at radius 1 is 1.07 bits per heavy atom. The van der Waals surface area contributed by atoms with Crippen LogP contribution in [0, 0.1) is 6.92 Å². The lowest BCUT2D eigenvalue weighted by molar-refractivity contribution is 0.170. The summed E-state index contributed by atoms with van der Waals surface area (Å²) >= 11 is 1.58. The normalized spacial score (nSPS) is 10.8. The number of nitrogens with zero attached hydrogens (tertiary/aromatic N) is 3. The van der Waals surface area contributed by atoms with Crippen LogP contribution in [0.25, 0.3) is 16.9 Å². The fourth-order valence-corrected chi connectivity index (χ4v) is 3.75. The second-order valence-electron chi connectivity index (χ2n) is 6.47. The van der Waals surface area contributed by atoms with E-state index >= 15 is 0 Å². The van der Waals surface area contributed by atoms with Crippen LogP contribution in [0.2, 0.25) is 0 Å². The van der Waals surface area contributed by atoms with E-state index in [1.54, 1.807) is 16.3 Å². The van der Waals surface area contributed by atoms with Crippen LogP contribution < -0.4 is 5.32 Å². The molecule has 0 saturated carbocycles. The minimum absolute atomic E-state index is 0.253. The molecule has 2 aromatic heterocycles. The molecule has 0 aliphatic carbocycles. The molecule has 0 fully saturated rings. The van der Waals surface area contributed by atoms with E-state index in [0.717, 1.165) is 32.5 Å². The number of hydrogen-bond acceptors (Lipinski definition) is 5. The third kappa shape index (κ3) is 4.25. The molecule has 0 unspecified atom stereocenters. The minimum atomic E-state index is -0.496. The number of fused-ring (bicyclic) bond motifs is 1. The highest BCUT2D eigenvalue weighted by molar-refractivity contribution is 7.99. The Labute approximate surface area is 172 Å². The molecular weight excluding hydrogens is 384 g/mol. The maximum absolute atomic E-state index is 11.7. The van der Waals surface area contributed by atoms with Crippen LogP contribution in [0.15, 0.2) is 76.7 Å². The van der Waals surface area contributed by atoms with E-state index in [9.17, 15) is 4.79 Å². The fraction of sp³-hybridized carbons (Fsp3) is 0.136. The number of ether oxygens (including phenoxy) is 1. The van der Waals surface area contributed by atoms with Crippen LogP contribution in [0.1, 0.15) is 11.3 Å². The molecule has 0 radical (unpaired) electrons. The highest BCUT2D eigenvalue weighted by Gasteiger charge is 2.17. The first kappa shape index (κ1) is 19.0. The molecule has 2 aromatic carbocycles. The Morgan fingerprint density at radius 2 is 1.83 bits per heavy atom. The summed E-state index contributed by atoms with van der Waals surface area (Å²) < 4.78 is 6.51. The topological polar surface area (TPSA) is 68.5 Å². The van der Waals surface area contributed by atoms with Crippen molar-refractivity contribution in [2.75, 3.05) is 7.11 Å². The maximum atomic E-state index is 11.7. The van der Waals surface area contributed by atoms with Crippen molar-refractivity contribution in [1.29, 1.82) is 0 Å². The van der Waals surface area contributed by atoms with Gasteiger partial charge in [-0.1, -0.05) is 59.8 Å². The Morgan fingerprint density at radius 3 is 2.55 bits per heavy atom. The molecule has 29 heavy (non-hydrogen) atoms. The number of rotatable bonds is 5. The molecule has 4 rings (SSSR count). The van der Waals surface area contributed by atoms with E-state index < -0.39 is 6.09 Å². The number of carbonyl (C=O) groups excluding carboxylic acids is 1. The van der Waals surface area contributed by atoms with Gasteiger partial charge < -0.3 is 10.1 Å². The summed E-state index contributed by atoms with van der Waals surface area (Å²) in [5.74, 6) is 0. The van der Waals surface area contributed by atoms with Gasteiger partial charge in [0.15, 0.2) is 5.65 Å². The van der Waals surface area contributed by atoms with Crippen LogP contribution in [0.4, 0.5) is 4.79 Å². The van der Waals surface area contributed by atoms with Crippen molar-refractivity contribution in [3.8, 4) is 11.3 Å². The van der Waals surface area contributed by atoms with Crippen molar-refractivity contribution in [2.24, 2.45) is 0 Å². The zero-order valence-electron chi connectivity index (χ0n) is 16.1. The molecule has 4 aromatic rings. The summed E-state index contributed by atoms with van der Waals surface area (Å²) in [6, 6.07) is 22.1. The van der Waals surface area contributed by atoms with Crippen LogP contribution in [0.3, 0.4) is 0 Å². The zero-order valence-corrected chi connectivity index (χ0v) is 16.9. The lowest BCUT2D eigenvalue weighted by Crippen LogP contribution is -2.23. The summed E-state index contributed by atoms with van der Waals surface area (Å²) in [6.07, 6.45) is -0.496. The first-order valence-corrected chi connectivity index (χ1v) is 9.96. The first-order chi connectivity index (χ1) is 14.1. The zero-order chi connectivity index (χ0) is 20.2. The van der Waals surface area contributed by atoms with Gasteiger partial charge in [0.25, 0.3) is 0 Å². The third-order valence-corrected chi connectivity index (χ3v) is 5.36. The summed E-state index contributed by atoms with van der Waals surface area (Å²) in [5.41, 5.74) is 4.45. The Kier molecular flexibility index (Phi) is 5.48. The van der Waals surface area contributed by atoms with E-state index in [1.165, 1.54) is 12.7 Å². The molecule has 2 heterocycles. The Balaban J connectivity index is 1.77. The lowest BCUT2D eigenvalue weighted by Gasteiger charge is -2.07. The van der Waals surface area contributed by atoms with Crippen LogP contribution in [0.5, 0.6) is 0 Å². The van der Waals surface area contributed by atoms with Crippen LogP contribution in [-0.4, -0.2) is 27.8 Å². The van der Waals surface area contributed by atoms with Crippen molar-refractivity contribution in [2.45, 2.75) is 23.4 Å². The number of aromatic nitrogens is 3. The highest BCUT2D eigenvalue weighted by Crippen LogP contribution is 2.28. The monoisotopic (exact) mass is 404 g/mol.